The Morgan fingerprint density at radius 3 is 2.68 bits per heavy atom. The van der Waals surface area contributed by atoms with Crippen LogP contribution in [0.2, 0.25) is 5.02 Å². The number of aliphatic hydroxyl groups is 2. The highest BCUT2D eigenvalue weighted by Gasteiger charge is 2.29. The molecule has 1 saturated heterocycles. The Kier molecular flexibility index (Phi) is 4.76. The van der Waals surface area contributed by atoms with Crippen molar-refractivity contribution in [1.82, 2.24) is 4.90 Å². The molecule has 5 nitrogen and oxygen atoms in total. The summed E-state index contributed by atoms with van der Waals surface area (Å²) in [7, 11) is 0. The number of halogens is 1. The first-order valence-electron chi connectivity index (χ1n) is 6.18. The van der Waals surface area contributed by atoms with Crippen molar-refractivity contribution in [2.75, 3.05) is 25.0 Å². The molecule has 0 radical (unpaired) electrons. The standard InChI is InChI=1S/C13H17ClN2O3/c14-9-2-1-3-10(6-9)15-13(19)4-5-16-7-11(17)12(18)8-16/h1-3,6,11-12,17-18H,4-5,7-8H2,(H,15,19). The van der Waals surface area contributed by atoms with Gasteiger partial charge in [0.15, 0.2) is 0 Å². The second kappa shape index (κ2) is 6.34. The van der Waals surface area contributed by atoms with E-state index in [9.17, 15) is 15.0 Å². The van der Waals surface area contributed by atoms with Crippen LogP contribution in [-0.2, 0) is 4.79 Å². The Hall–Kier alpha value is -1.14. The van der Waals surface area contributed by atoms with E-state index in [4.69, 9.17) is 11.6 Å². The minimum absolute atomic E-state index is 0.113. The van der Waals surface area contributed by atoms with Gasteiger partial charge in [0.25, 0.3) is 0 Å². The Balaban J connectivity index is 1.76. The lowest BCUT2D eigenvalue weighted by Gasteiger charge is -2.14. The maximum Gasteiger partial charge on any atom is 0.225 e. The van der Waals surface area contributed by atoms with Gasteiger partial charge in [-0.2, -0.15) is 0 Å². The highest BCUT2D eigenvalue weighted by Crippen LogP contribution is 2.15. The Bertz CT molecular complexity index is 445. The van der Waals surface area contributed by atoms with Crippen LogP contribution in [-0.4, -0.2) is 52.9 Å². The molecule has 104 valence electrons. The molecule has 0 spiro atoms. The van der Waals surface area contributed by atoms with Gasteiger partial charge in [-0.15, -0.1) is 0 Å². The molecule has 2 atom stereocenters. The van der Waals surface area contributed by atoms with E-state index >= 15 is 0 Å². The number of nitrogens with one attached hydrogen (secondary N) is 1. The molecule has 0 aliphatic carbocycles. The summed E-state index contributed by atoms with van der Waals surface area (Å²) in [6, 6.07) is 6.96. The van der Waals surface area contributed by atoms with Crippen LogP contribution in [0.25, 0.3) is 0 Å². The van der Waals surface area contributed by atoms with Gasteiger partial charge in [-0.25, -0.2) is 0 Å². The van der Waals surface area contributed by atoms with Crippen LogP contribution in [0.15, 0.2) is 24.3 Å². The first-order valence-corrected chi connectivity index (χ1v) is 6.56. The van der Waals surface area contributed by atoms with Crippen molar-refractivity contribution in [1.29, 1.82) is 0 Å². The fourth-order valence-electron chi connectivity index (χ4n) is 2.08. The van der Waals surface area contributed by atoms with Gasteiger partial charge in [-0.3, -0.25) is 9.69 Å². The summed E-state index contributed by atoms with van der Waals surface area (Å²) in [4.78, 5) is 13.6. The summed E-state index contributed by atoms with van der Waals surface area (Å²) >= 11 is 5.83. The van der Waals surface area contributed by atoms with Gasteiger partial charge in [0.2, 0.25) is 5.91 Å². The molecule has 19 heavy (non-hydrogen) atoms. The van der Waals surface area contributed by atoms with Gasteiger partial charge in [-0.1, -0.05) is 17.7 Å². The lowest BCUT2D eigenvalue weighted by atomic mass is 10.3. The Labute approximate surface area is 116 Å². The minimum Gasteiger partial charge on any atom is -0.389 e. The molecule has 1 amide bonds. The van der Waals surface area contributed by atoms with Gasteiger partial charge in [0.05, 0.1) is 12.2 Å². The third-order valence-corrected chi connectivity index (χ3v) is 3.33. The molecule has 0 aromatic heterocycles. The number of likely N-dealkylation sites (tertiary alicyclic amines) is 1. The van der Waals surface area contributed by atoms with Crippen molar-refractivity contribution >= 4 is 23.2 Å². The summed E-state index contributed by atoms with van der Waals surface area (Å²) in [6.45, 7) is 1.33. The summed E-state index contributed by atoms with van der Waals surface area (Å²) in [5.41, 5.74) is 0.666. The largest absolute Gasteiger partial charge is 0.389 e. The molecule has 1 aromatic carbocycles. The Morgan fingerprint density at radius 1 is 1.37 bits per heavy atom. The topological polar surface area (TPSA) is 72.8 Å². The lowest BCUT2D eigenvalue weighted by molar-refractivity contribution is -0.116. The summed E-state index contributed by atoms with van der Waals surface area (Å²) in [5.74, 6) is -0.113. The third kappa shape index (κ3) is 4.18. The molecule has 1 aliphatic rings. The second-order valence-corrected chi connectivity index (χ2v) is 5.14. The number of rotatable bonds is 4. The van der Waals surface area contributed by atoms with Crippen molar-refractivity contribution in [2.45, 2.75) is 18.6 Å². The van der Waals surface area contributed by atoms with E-state index in [0.29, 0.717) is 36.8 Å². The smallest absolute Gasteiger partial charge is 0.225 e. The molecule has 1 aromatic rings. The number of benzene rings is 1. The van der Waals surface area contributed by atoms with E-state index in [1.54, 1.807) is 24.3 Å². The average molecular weight is 285 g/mol. The van der Waals surface area contributed by atoms with Crippen molar-refractivity contribution in [3.63, 3.8) is 0 Å². The van der Waals surface area contributed by atoms with Gasteiger partial charge in [0.1, 0.15) is 0 Å². The monoisotopic (exact) mass is 284 g/mol. The van der Waals surface area contributed by atoms with Crippen LogP contribution < -0.4 is 5.32 Å². The van der Waals surface area contributed by atoms with Crippen LogP contribution in [0.4, 0.5) is 5.69 Å². The number of nitrogens with zero attached hydrogens (tertiary/aromatic N) is 1. The van der Waals surface area contributed by atoms with Crippen molar-refractivity contribution in [3.8, 4) is 0 Å². The van der Waals surface area contributed by atoms with E-state index < -0.39 is 12.2 Å². The van der Waals surface area contributed by atoms with Gasteiger partial charge in [0, 0.05) is 36.8 Å². The number of hydrogen-bond acceptors (Lipinski definition) is 4. The van der Waals surface area contributed by atoms with Crippen LogP contribution in [0.3, 0.4) is 0 Å². The SMILES string of the molecule is O=C(CCN1CC(O)C(O)C1)Nc1cccc(Cl)c1. The zero-order chi connectivity index (χ0) is 13.8. The van der Waals surface area contributed by atoms with E-state index in [1.807, 2.05) is 4.90 Å². The number of aliphatic hydroxyl groups excluding tert-OH is 2. The van der Waals surface area contributed by atoms with Crippen LogP contribution in [0.1, 0.15) is 6.42 Å². The predicted molar refractivity (Wildman–Crippen MR) is 73.2 cm³/mol. The van der Waals surface area contributed by atoms with Gasteiger partial charge >= 0.3 is 0 Å². The molecule has 0 bridgehead atoms. The molecule has 2 rings (SSSR count). The quantitative estimate of drug-likeness (QED) is 0.761. The zero-order valence-electron chi connectivity index (χ0n) is 10.4. The first kappa shape index (κ1) is 14.3. The lowest BCUT2D eigenvalue weighted by Crippen LogP contribution is -2.26. The van der Waals surface area contributed by atoms with Crippen molar-refractivity contribution in [2.24, 2.45) is 0 Å². The molecular formula is C13H17ClN2O3. The molecule has 1 fully saturated rings. The number of β-amino-alcohol motifs (C(OH)–C–C–N with tert-alkyl or cyclic N) is 2. The predicted octanol–water partition coefficient (Wildman–Crippen LogP) is 0.706. The number of anilines is 1. The molecule has 3 N–H and O–H groups in total. The van der Waals surface area contributed by atoms with Crippen molar-refractivity contribution < 1.29 is 15.0 Å². The summed E-state index contributed by atoms with van der Waals surface area (Å²) < 4.78 is 0. The minimum atomic E-state index is -0.712. The van der Waals surface area contributed by atoms with E-state index in [2.05, 4.69) is 5.32 Å². The normalized spacial score (nSPS) is 23.5. The number of hydrogen-bond donors (Lipinski definition) is 3. The van der Waals surface area contributed by atoms with Gasteiger partial charge < -0.3 is 15.5 Å². The van der Waals surface area contributed by atoms with E-state index in [-0.39, 0.29) is 5.91 Å². The zero-order valence-corrected chi connectivity index (χ0v) is 11.2. The summed E-state index contributed by atoms with van der Waals surface area (Å²) in [6.07, 6.45) is -1.11. The summed E-state index contributed by atoms with van der Waals surface area (Å²) in [5, 5.41) is 22.1. The maximum atomic E-state index is 11.7. The number of carbonyl (C=O) groups excluding carboxylic acids is 1. The molecule has 6 heteroatoms. The fraction of sp³-hybridized carbons (Fsp3) is 0.462. The molecule has 0 saturated carbocycles. The van der Waals surface area contributed by atoms with Crippen LogP contribution in [0.5, 0.6) is 0 Å². The fourth-order valence-corrected chi connectivity index (χ4v) is 2.27. The third-order valence-electron chi connectivity index (χ3n) is 3.10. The second-order valence-electron chi connectivity index (χ2n) is 4.70. The van der Waals surface area contributed by atoms with Crippen LogP contribution >= 0.6 is 11.6 Å². The molecule has 1 aliphatic heterocycles. The number of carbonyl (C=O) groups is 1. The van der Waals surface area contributed by atoms with E-state index in [0.717, 1.165) is 0 Å². The molecule has 2 unspecified atom stereocenters. The highest BCUT2D eigenvalue weighted by atomic mass is 35.5. The highest BCUT2D eigenvalue weighted by molar-refractivity contribution is 6.30. The first-order chi connectivity index (χ1) is 9.04. The molecule has 1 heterocycles. The maximum absolute atomic E-state index is 11.7. The van der Waals surface area contributed by atoms with Crippen LogP contribution in [0, 0.1) is 0 Å². The number of amides is 1. The van der Waals surface area contributed by atoms with Gasteiger partial charge in [-0.05, 0) is 18.2 Å². The Morgan fingerprint density at radius 2 is 2.05 bits per heavy atom. The van der Waals surface area contributed by atoms with Crippen molar-refractivity contribution in [3.05, 3.63) is 29.3 Å². The average Bonchev–Trinajstić information content (AvgIpc) is 2.66. The molecular weight excluding hydrogens is 268 g/mol. The van der Waals surface area contributed by atoms with E-state index in [1.165, 1.54) is 0 Å².